The van der Waals surface area contributed by atoms with E-state index in [0.717, 1.165) is 0 Å². The molecule has 0 saturated carbocycles. The maximum Gasteiger partial charge on any atom is 0.0371 e. The van der Waals surface area contributed by atoms with Crippen molar-refractivity contribution >= 4 is 6.72 Å². The third-order valence-corrected chi connectivity index (χ3v) is 0.367. The number of nitrogens with zero attached hydrogens (tertiary/aromatic N) is 1. The van der Waals surface area contributed by atoms with Crippen LogP contribution < -0.4 is 16.4 Å². The van der Waals surface area contributed by atoms with E-state index in [-0.39, 0.29) is 0 Å². The lowest BCUT2D eigenvalue weighted by atomic mass is 11.8. The van der Waals surface area contributed by atoms with E-state index >= 15 is 0 Å². The largest absolute Gasteiger partial charge is 0.537 e. The number of oxime groups is 1. The van der Waals surface area contributed by atoms with Gasteiger partial charge in [0.25, 0.3) is 0 Å². The predicted octanol–water partition coefficient (Wildman–Crippen LogP) is -3.44. The van der Waals surface area contributed by atoms with E-state index in [0.29, 0.717) is 0 Å². The Labute approximate surface area is 45.5 Å². The minimum atomic E-state index is -0.986. The third-order valence-electron chi connectivity index (χ3n) is 0.367. The lowest BCUT2D eigenvalue weighted by molar-refractivity contribution is -1.55. The molecule has 7 heteroatoms. The lowest BCUT2D eigenvalue weighted by Crippen LogP contribution is -3.57. The molecule has 0 aromatic heterocycles. The predicted molar refractivity (Wildman–Crippen MR) is 24.4 cm³/mol. The molecule has 0 heterocycles. The standard InChI is InChI=1S/CH7N5O2/c1-4-8-6(7)5(2)3/h2,5-6H,1,3H2. The Morgan fingerprint density at radius 2 is 2.38 bits per heavy atom. The molecule has 7 nitrogen and oxygen atoms in total. The van der Waals surface area contributed by atoms with Crippen LogP contribution in [-0.2, 0) is 4.94 Å². The van der Waals surface area contributed by atoms with E-state index in [1.165, 1.54) is 0 Å². The summed E-state index contributed by atoms with van der Waals surface area (Å²) in [5.41, 5.74) is 0. The summed E-state index contributed by atoms with van der Waals surface area (Å²) in [6.45, 7) is 2.84. The molecule has 0 fully saturated rings. The third kappa shape index (κ3) is 2.44. The molecule has 0 spiro atoms. The Hall–Kier alpha value is -0.730. The molecule has 2 unspecified atom stereocenters. The van der Waals surface area contributed by atoms with Gasteiger partial charge in [0.1, 0.15) is 0 Å². The molecule has 0 aliphatic carbocycles. The molecule has 0 radical (unpaired) electrons. The Kier molecular flexibility index (Phi) is 2.99. The van der Waals surface area contributed by atoms with Gasteiger partial charge >= 0.3 is 0 Å². The smallest absolute Gasteiger partial charge is 0.0371 e. The van der Waals surface area contributed by atoms with Crippen molar-refractivity contribution in [3.8, 4) is 0 Å². The molecule has 2 atom stereocenters. The first-order chi connectivity index (χ1) is 3.68. The Morgan fingerprint density at radius 3 is 2.50 bits per heavy atom. The van der Waals surface area contributed by atoms with Gasteiger partial charge in [-0.05, 0) is 5.16 Å². The lowest BCUT2D eigenvalue weighted by Gasteiger charge is -2.21. The average Bonchev–Trinajstić information content (AvgIpc) is 1.67. The van der Waals surface area contributed by atoms with Crippen LogP contribution in [0.2, 0.25) is 0 Å². The minimum absolute atomic E-state index is 0.683. The molecule has 0 aromatic rings. The van der Waals surface area contributed by atoms with Crippen LogP contribution in [0.1, 0.15) is 0 Å². The fraction of sp³-hybridized carbons (Fsp3) is 0. The first-order valence-corrected chi connectivity index (χ1v) is 1.70. The quantitative estimate of drug-likeness (QED) is 0.205. The molecule has 0 aromatic carbocycles. The normalized spacial score (nSPS) is 16.9. The van der Waals surface area contributed by atoms with Crippen molar-refractivity contribution < 1.29 is 15.5 Å². The second-order valence-electron chi connectivity index (χ2n) is 0.922. The SMILES string of the molecule is C=NO[NH+]([O-])[NH+]([NH-])N. The number of hydrogen-bond acceptors (Lipinski definition) is 4. The molecule has 48 valence electrons. The molecule has 0 rings (SSSR count). The number of nitrogens with two attached hydrogens (primary N) is 1. The summed E-state index contributed by atoms with van der Waals surface area (Å²) in [6, 6.07) is 0. The van der Waals surface area contributed by atoms with Crippen molar-refractivity contribution in [2.24, 2.45) is 11.0 Å². The molecular formula is CH7N5O2. The van der Waals surface area contributed by atoms with Crippen molar-refractivity contribution in [2.75, 3.05) is 0 Å². The van der Waals surface area contributed by atoms with Crippen LogP contribution in [0.25, 0.3) is 5.84 Å². The van der Waals surface area contributed by atoms with E-state index in [2.05, 4.69) is 22.7 Å². The van der Waals surface area contributed by atoms with Gasteiger partial charge in [-0.2, -0.15) is 0 Å². The summed E-state index contributed by atoms with van der Waals surface area (Å²) in [5, 5.41) is 11.1. The van der Waals surface area contributed by atoms with Gasteiger partial charge in [0.05, 0.1) is 0 Å². The van der Waals surface area contributed by atoms with Gasteiger partial charge in [-0.25, -0.2) is 0 Å². The van der Waals surface area contributed by atoms with Gasteiger partial charge in [-0.15, -0.1) is 16.0 Å². The second-order valence-corrected chi connectivity index (χ2v) is 0.922. The zero-order valence-corrected chi connectivity index (χ0v) is 4.05. The Balaban J connectivity index is 3.30. The van der Waals surface area contributed by atoms with Crippen molar-refractivity contribution in [3.63, 3.8) is 0 Å². The first kappa shape index (κ1) is 7.27. The molecule has 0 aliphatic heterocycles. The van der Waals surface area contributed by atoms with Crippen LogP contribution >= 0.6 is 0 Å². The molecule has 0 aliphatic rings. The number of hydrogen-bond donors (Lipinski definition) is 3. The van der Waals surface area contributed by atoms with E-state index in [9.17, 15) is 5.21 Å². The van der Waals surface area contributed by atoms with Gasteiger partial charge in [0.15, 0.2) is 0 Å². The van der Waals surface area contributed by atoms with Crippen LogP contribution in [0.5, 0.6) is 0 Å². The fourth-order valence-corrected chi connectivity index (χ4v) is 0.108. The summed E-state index contributed by atoms with van der Waals surface area (Å²) in [4.78, 5) is 3.83. The molecular weight excluding hydrogens is 114 g/mol. The zero-order chi connectivity index (χ0) is 6.57. The highest BCUT2D eigenvalue weighted by molar-refractivity contribution is 5.21. The van der Waals surface area contributed by atoms with Crippen LogP contribution in [0.4, 0.5) is 0 Å². The van der Waals surface area contributed by atoms with Gasteiger partial charge in [0.2, 0.25) is 0 Å². The molecule has 8 heavy (non-hydrogen) atoms. The Bertz CT molecular complexity index is 72.8. The highest BCUT2D eigenvalue weighted by atomic mass is 17.0. The summed E-state index contributed by atoms with van der Waals surface area (Å²) in [5.74, 6) is 11.1. The molecule has 0 saturated heterocycles. The van der Waals surface area contributed by atoms with Crippen molar-refractivity contribution in [1.29, 1.82) is 0 Å². The van der Waals surface area contributed by atoms with Crippen molar-refractivity contribution in [2.45, 2.75) is 0 Å². The first-order valence-electron chi connectivity index (χ1n) is 1.70. The van der Waals surface area contributed by atoms with Gasteiger partial charge in [-0.1, -0.05) is 0 Å². The topological polar surface area (TPSA) is 103 Å². The minimum Gasteiger partial charge on any atom is -0.537 e. The number of rotatable bonds is 3. The summed E-state index contributed by atoms with van der Waals surface area (Å²) in [7, 11) is 0. The van der Waals surface area contributed by atoms with Gasteiger partial charge in [0, 0.05) is 12.1 Å². The van der Waals surface area contributed by atoms with E-state index < -0.39 is 10.6 Å². The number of nitrogens with one attached hydrogen (secondary N) is 3. The van der Waals surface area contributed by atoms with Crippen molar-refractivity contribution in [1.82, 2.24) is 0 Å². The average molecular weight is 121 g/mol. The van der Waals surface area contributed by atoms with E-state index in [1.807, 2.05) is 0 Å². The summed E-state index contributed by atoms with van der Waals surface area (Å²) in [6.07, 6.45) is 0. The zero-order valence-electron chi connectivity index (χ0n) is 4.05. The monoisotopic (exact) mass is 121 g/mol. The van der Waals surface area contributed by atoms with Gasteiger partial charge in [-0.3, -0.25) is 0 Å². The molecule has 0 bridgehead atoms. The van der Waals surface area contributed by atoms with Gasteiger partial charge < -0.3 is 11.0 Å². The summed E-state index contributed by atoms with van der Waals surface area (Å²) >= 11 is 0. The van der Waals surface area contributed by atoms with Crippen LogP contribution in [0, 0.1) is 5.21 Å². The van der Waals surface area contributed by atoms with Crippen LogP contribution in [0.3, 0.4) is 0 Å². The maximum atomic E-state index is 10.0. The number of quaternary nitrogens is 2. The summed E-state index contributed by atoms with van der Waals surface area (Å²) < 4.78 is 0. The Morgan fingerprint density at radius 1 is 1.88 bits per heavy atom. The highest BCUT2D eigenvalue weighted by Gasteiger charge is 1.94. The highest BCUT2D eigenvalue weighted by Crippen LogP contribution is 1.44. The molecule has 0 amide bonds. The maximum absolute atomic E-state index is 10.0. The van der Waals surface area contributed by atoms with E-state index in [4.69, 9.17) is 5.84 Å². The van der Waals surface area contributed by atoms with E-state index in [1.54, 1.807) is 0 Å². The fourth-order valence-electron chi connectivity index (χ4n) is 0.108. The van der Waals surface area contributed by atoms with Crippen molar-refractivity contribution in [3.05, 3.63) is 11.0 Å². The van der Waals surface area contributed by atoms with Crippen LogP contribution in [-0.4, -0.2) is 6.72 Å². The second kappa shape index (κ2) is 3.29. The van der Waals surface area contributed by atoms with Crippen LogP contribution in [0.15, 0.2) is 5.16 Å². The molecule has 5 N–H and O–H groups in total.